The van der Waals surface area contributed by atoms with E-state index in [2.05, 4.69) is 141 Å². The summed E-state index contributed by atoms with van der Waals surface area (Å²) in [6, 6.07) is 57.6. The quantitative estimate of drug-likeness (QED) is 0.191. The van der Waals surface area contributed by atoms with Crippen LogP contribution in [-0.4, -0.2) is 15.0 Å². The average molecular weight is 628 g/mol. The van der Waals surface area contributed by atoms with Gasteiger partial charge < -0.3 is 0 Å². The van der Waals surface area contributed by atoms with Crippen molar-refractivity contribution in [2.24, 2.45) is 0 Å². The third kappa shape index (κ3) is 5.03. The Bertz CT molecular complexity index is 2430. The number of hydrogen-bond donors (Lipinski definition) is 0. The van der Waals surface area contributed by atoms with Crippen molar-refractivity contribution in [3.05, 3.63) is 175 Å². The Labute approximate surface area is 286 Å². The molecule has 0 spiro atoms. The van der Waals surface area contributed by atoms with Crippen molar-refractivity contribution in [3.8, 4) is 67.4 Å². The van der Waals surface area contributed by atoms with Gasteiger partial charge in [0.05, 0.1) is 22.6 Å². The lowest BCUT2D eigenvalue weighted by molar-refractivity contribution is 0.661. The fourth-order valence-electron chi connectivity index (χ4n) is 7.31. The molecular weight excluding hydrogens is 595 g/mol. The number of pyridine rings is 1. The molecule has 9 rings (SSSR count). The van der Waals surface area contributed by atoms with Gasteiger partial charge in [0, 0.05) is 33.1 Å². The maximum absolute atomic E-state index is 5.26. The second-order valence-electron chi connectivity index (χ2n) is 13.3. The monoisotopic (exact) mass is 627 g/mol. The molecule has 1 aliphatic rings. The predicted molar refractivity (Wildman–Crippen MR) is 202 cm³/mol. The van der Waals surface area contributed by atoms with E-state index < -0.39 is 0 Å². The molecule has 0 unspecified atom stereocenters. The minimum absolute atomic E-state index is 0.0980. The van der Waals surface area contributed by atoms with E-state index in [0.717, 1.165) is 61.4 Å². The Balaban J connectivity index is 1.20. The molecule has 3 nitrogen and oxygen atoms in total. The summed E-state index contributed by atoms with van der Waals surface area (Å²) in [5.41, 5.74) is 15.4. The minimum atomic E-state index is -0.0980. The van der Waals surface area contributed by atoms with Crippen LogP contribution < -0.4 is 0 Å². The molecule has 0 saturated carbocycles. The predicted octanol–water partition coefficient (Wildman–Crippen LogP) is 11.7. The van der Waals surface area contributed by atoms with E-state index in [0.29, 0.717) is 5.82 Å². The van der Waals surface area contributed by atoms with E-state index in [-0.39, 0.29) is 5.41 Å². The first-order valence-electron chi connectivity index (χ1n) is 16.8. The van der Waals surface area contributed by atoms with Gasteiger partial charge in [-0.1, -0.05) is 153 Å². The lowest BCUT2D eigenvalue weighted by Gasteiger charge is -2.22. The molecule has 0 atom stereocenters. The van der Waals surface area contributed by atoms with Gasteiger partial charge in [0.2, 0.25) is 0 Å². The Morgan fingerprint density at radius 2 is 0.878 bits per heavy atom. The summed E-state index contributed by atoms with van der Waals surface area (Å²) in [7, 11) is 0. The summed E-state index contributed by atoms with van der Waals surface area (Å²) >= 11 is 0. The summed E-state index contributed by atoms with van der Waals surface area (Å²) in [6.45, 7) is 4.64. The van der Waals surface area contributed by atoms with E-state index in [1.165, 1.54) is 22.3 Å². The van der Waals surface area contributed by atoms with Crippen LogP contribution in [0.2, 0.25) is 0 Å². The van der Waals surface area contributed by atoms with Gasteiger partial charge in [0.15, 0.2) is 5.82 Å². The zero-order valence-corrected chi connectivity index (χ0v) is 27.4. The molecule has 0 bridgehead atoms. The van der Waals surface area contributed by atoms with Crippen molar-refractivity contribution >= 4 is 10.9 Å². The van der Waals surface area contributed by atoms with E-state index in [9.17, 15) is 0 Å². The maximum atomic E-state index is 5.26. The Hall–Kier alpha value is -6.19. The Kier molecular flexibility index (Phi) is 6.80. The Morgan fingerprint density at radius 3 is 1.47 bits per heavy atom. The summed E-state index contributed by atoms with van der Waals surface area (Å²) in [5, 5.41) is 1.15. The first-order valence-corrected chi connectivity index (χ1v) is 16.8. The highest BCUT2D eigenvalue weighted by Gasteiger charge is 2.35. The van der Waals surface area contributed by atoms with E-state index in [1.807, 2.05) is 36.4 Å². The number of aromatic nitrogens is 3. The van der Waals surface area contributed by atoms with Crippen molar-refractivity contribution in [1.29, 1.82) is 0 Å². The summed E-state index contributed by atoms with van der Waals surface area (Å²) in [4.78, 5) is 15.4. The van der Waals surface area contributed by atoms with Crippen LogP contribution in [0, 0.1) is 0 Å². The van der Waals surface area contributed by atoms with Gasteiger partial charge in [0.25, 0.3) is 0 Å². The molecule has 0 saturated heterocycles. The van der Waals surface area contributed by atoms with Crippen LogP contribution in [0.5, 0.6) is 0 Å². The molecule has 3 heteroatoms. The van der Waals surface area contributed by atoms with E-state index >= 15 is 0 Å². The van der Waals surface area contributed by atoms with Crippen LogP contribution in [0.15, 0.2) is 164 Å². The average Bonchev–Trinajstić information content (AvgIpc) is 3.39. The van der Waals surface area contributed by atoms with Gasteiger partial charge in [0.1, 0.15) is 0 Å². The molecule has 0 amide bonds. The first-order chi connectivity index (χ1) is 24.0. The lowest BCUT2D eigenvalue weighted by Crippen LogP contribution is -2.14. The minimum Gasteiger partial charge on any atom is -0.248 e. The summed E-state index contributed by atoms with van der Waals surface area (Å²) < 4.78 is 0. The van der Waals surface area contributed by atoms with Crippen molar-refractivity contribution in [3.63, 3.8) is 0 Å². The smallest absolute Gasteiger partial charge is 0.160 e. The fourth-order valence-corrected chi connectivity index (χ4v) is 7.31. The zero-order chi connectivity index (χ0) is 33.0. The molecule has 6 aromatic carbocycles. The van der Waals surface area contributed by atoms with E-state index in [4.69, 9.17) is 15.0 Å². The highest BCUT2D eigenvalue weighted by atomic mass is 14.9. The zero-order valence-electron chi connectivity index (χ0n) is 27.4. The van der Waals surface area contributed by atoms with Crippen LogP contribution in [-0.2, 0) is 5.41 Å². The maximum Gasteiger partial charge on any atom is 0.160 e. The molecule has 2 heterocycles. The number of hydrogen-bond acceptors (Lipinski definition) is 3. The number of nitrogens with zero attached hydrogens (tertiary/aromatic N) is 3. The summed E-state index contributed by atoms with van der Waals surface area (Å²) in [6.07, 6.45) is 0. The highest BCUT2D eigenvalue weighted by Crippen LogP contribution is 2.50. The number of fused-ring (bicyclic) bond motifs is 4. The fraction of sp³-hybridized carbons (Fsp3) is 0.0652. The SMILES string of the molecule is CC1(C)c2ccccc2-c2cc3c(-c4ccc(-c5nc(-c6ccccc6)cc(-c6ccccc6)n5)cc4)cc(-c4ccccc4)nc3cc21. The molecule has 0 N–H and O–H groups in total. The molecular formula is C46H33N3. The van der Waals surface area contributed by atoms with Crippen molar-refractivity contribution < 1.29 is 0 Å². The van der Waals surface area contributed by atoms with Crippen LogP contribution in [0.3, 0.4) is 0 Å². The highest BCUT2D eigenvalue weighted by molar-refractivity contribution is 6.01. The topological polar surface area (TPSA) is 38.7 Å². The van der Waals surface area contributed by atoms with Crippen molar-refractivity contribution in [2.45, 2.75) is 19.3 Å². The van der Waals surface area contributed by atoms with Crippen LogP contribution >= 0.6 is 0 Å². The van der Waals surface area contributed by atoms with E-state index in [1.54, 1.807) is 0 Å². The van der Waals surface area contributed by atoms with Crippen LogP contribution in [0.1, 0.15) is 25.0 Å². The second-order valence-corrected chi connectivity index (χ2v) is 13.3. The molecule has 0 fully saturated rings. The van der Waals surface area contributed by atoms with Gasteiger partial charge in [-0.15, -0.1) is 0 Å². The molecule has 0 radical (unpaired) electrons. The summed E-state index contributed by atoms with van der Waals surface area (Å²) in [5.74, 6) is 0.702. The molecule has 1 aliphatic carbocycles. The van der Waals surface area contributed by atoms with Crippen molar-refractivity contribution in [1.82, 2.24) is 15.0 Å². The third-order valence-electron chi connectivity index (χ3n) is 9.90. The normalized spacial score (nSPS) is 12.9. The standard InChI is InChI=1S/C46H33N3/c1-46(2)39-21-13-12-20-35(39)37-26-38-36(27-41(31-14-6-3-7-15-31)47-44(38)28-40(37)46)30-22-24-34(25-23-30)45-48-42(32-16-8-4-9-17-32)29-43(49-45)33-18-10-5-11-19-33/h3-29H,1-2H3. The van der Waals surface area contributed by atoms with Gasteiger partial charge in [-0.05, 0) is 57.6 Å². The van der Waals surface area contributed by atoms with Gasteiger partial charge in [-0.3, -0.25) is 0 Å². The lowest BCUT2D eigenvalue weighted by atomic mass is 9.82. The largest absolute Gasteiger partial charge is 0.248 e. The molecule has 2 aromatic heterocycles. The van der Waals surface area contributed by atoms with Gasteiger partial charge in [-0.25, -0.2) is 15.0 Å². The first kappa shape index (κ1) is 29.0. The third-order valence-corrected chi connectivity index (χ3v) is 9.90. The van der Waals surface area contributed by atoms with Crippen LogP contribution in [0.25, 0.3) is 78.3 Å². The second kappa shape index (κ2) is 11.5. The molecule has 232 valence electrons. The van der Waals surface area contributed by atoms with Gasteiger partial charge in [-0.2, -0.15) is 0 Å². The van der Waals surface area contributed by atoms with Gasteiger partial charge >= 0.3 is 0 Å². The molecule has 0 aliphatic heterocycles. The number of benzene rings is 6. The molecule has 8 aromatic rings. The molecule has 49 heavy (non-hydrogen) atoms. The van der Waals surface area contributed by atoms with Crippen molar-refractivity contribution in [2.75, 3.05) is 0 Å². The number of rotatable bonds is 5. The van der Waals surface area contributed by atoms with Crippen LogP contribution in [0.4, 0.5) is 0 Å². The Morgan fingerprint density at radius 1 is 0.367 bits per heavy atom.